The van der Waals surface area contributed by atoms with Crippen LogP contribution < -0.4 is 4.90 Å². The second-order valence-corrected chi connectivity index (χ2v) is 18.0. The first-order chi connectivity index (χ1) is 29.3. The fourth-order valence-electron chi connectivity index (χ4n) is 11.7. The highest BCUT2D eigenvalue weighted by atomic mass is 15.1. The zero-order chi connectivity index (χ0) is 40.4. The number of anilines is 3. The topological polar surface area (TPSA) is 3.24 Å². The van der Waals surface area contributed by atoms with E-state index >= 15 is 0 Å². The van der Waals surface area contributed by atoms with Crippen molar-refractivity contribution in [1.82, 2.24) is 0 Å². The van der Waals surface area contributed by atoms with Gasteiger partial charge in [0.2, 0.25) is 0 Å². The first-order valence-electron chi connectivity index (χ1n) is 21.4. The molecule has 0 heterocycles. The molecule has 9 aromatic carbocycles. The van der Waals surface area contributed by atoms with Crippen molar-refractivity contribution in [3.63, 3.8) is 0 Å². The van der Waals surface area contributed by atoms with Gasteiger partial charge in [0, 0.05) is 27.6 Å². The summed E-state index contributed by atoms with van der Waals surface area (Å²) in [5.74, 6) is 0. The summed E-state index contributed by atoms with van der Waals surface area (Å²) in [5.41, 5.74) is 21.2. The molecule has 0 radical (unpaired) electrons. The quantitative estimate of drug-likeness (QED) is 0.169. The van der Waals surface area contributed by atoms with Crippen molar-refractivity contribution in [2.45, 2.75) is 43.9 Å². The number of fused-ring (bicyclic) bond motifs is 11. The summed E-state index contributed by atoms with van der Waals surface area (Å²) < 4.78 is 0. The monoisotopic (exact) mass is 767 g/mol. The van der Waals surface area contributed by atoms with E-state index in [2.05, 4.69) is 233 Å². The van der Waals surface area contributed by atoms with Crippen molar-refractivity contribution >= 4 is 27.8 Å². The third-order valence-corrected chi connectivity index (χ3v) is 14.3. The smallest absolute Gasteiger partial charge is 0.0714 e. The average Bonchev–Trinajstić information content (AvgIpc) is 3.83. The molecule has 0 bridgehead atoms. The first-order valence-corrected chi connectivity index (χ1v) is 21.4. The molecule has 0 unspecified atom stereocenters. The molecule has 0 N–H and O–H groups in total. The van der Waals surface area contributed by atoms with Crippen LogP contribution in [0.5, 0.6) is 0 Å². The van der Waals surface area contributed by atoms with Gasteiger partial charge < -0.3 is 4.90 Å². The summed E-state index contributed by atoms with van der Waals surface area (Å²) >= 11 is 0. The fraction of sp³-hybridized carbons (Fsp3) is 0.119. The van der Waals surface area contributed by atoms with Gasteiger partial charge in [0.1, 0.15) is 0 Å². The molecule has 9 aromatic rings. The number of hydrogen-bond acceptors (Lipinski definition) is 1. The van der Waals surface area contributed by atoms with Gasteiger partial charge in [-0.2, -0.15) is 0 Å². The maximum absolute atomic E-state index is 2.62. The zero-order valence-corrected chi connectivity index (χ0v) is 34.5. The molecule has 60 heavy (non-hydrogen) atoms. The molecule has 12 rings (SSSR count). The SMILES string of the molecule is CC1(C)c2ccccc2-c2cc(N(c3cccc4c3-c3ccccc3C4(c3ccccc3)c3ccccc3)c3cc4ccccc4c4c3-c3ccccc3C4(C)C)ccc21. The number of hydrogen-bond donors (Lipinski definition) is 0. The van der Waals surface area contributed by atoms with Crippen LogP contribution in [-0.4, -0.2) is 0 Å². The van der Waals surface area contributed by atoms with Crippen LogP contribution in [0.3, 0.4) is 0 Å². The van der Waals surface area contributed by atoms with Crippen molar-refractivity contribution in [3.05, 3.63) is 245 Å². The Hall–Kier alpha value is -6.96. The molecule has 0 spiro atoms. The van der Waals surface area contributed by atoms with Gasteiger partial charge in [0.25, 0.3) is 0 Å². The first kappa shape index (κ1) is 35.0. The van der Waals surface area contributed by atoms with Crippen LogP contribution in [0, 0.1) is 0 Å². The van der Waals surface area contributed by atoms with Gasteiger partial charge in [0.15, 0.2) is 0 Å². The Kier molecular flexibility index (Phi) is 7.31. The van der Waals surface area contributed by atoms with E-state index < -0.39 is 5.41 Å². The second-order valence-electron chi connectivity index (χ2n) is 18.0. The Balaban J connectivity index is 1.23. The Labute approximate surface area is 353 Å². The number of rotatable bonds is 5. The van der Waals surface area contributed by atoms with Crippen LogP contribution in [0.2, 0.25) is 0 Å². The lowest BCUT2D eigenvalue weighted by Gasteiger charge is -2.35. The Morgan fingerprint density at radius 2 is 0.883 bits per heavy atom. The van der Waals surface area contributed by atoms with Gasteiger partial charge in [-0.15, -0.1) is 0 Å². The van der Waals surface area contributed by atoms with Crippen LogP contribution >= 0.6 is 0 Å². The highest BCUT2D eigenvalue weighted by molar-refractivity contribution is 6.08. The molecule has 1 heteroatoms. The lowest BCUT2D eigenvalue weighted by atomic mass is 9.68. The van der Waals surface area contributed by atoms with E-state index in [9.17, 15) is 0 Å². The summed E-state index contributed by atoms with van der Waals surface area (Å²) in [5, 5.41) is 2.57. The third-order valence-electron chi connectivity index (χ3n) is 14.3. The van der Waals surface area contributed by atoms with Crippen molar-refractivity contribution < 1.29 is 0 Å². The molecular formula is C59H45N. The summed E-state index contributed by atoms with van der Waals surface area (Å²) in [6.07, 6.45) is 0. The van der Waals surface area contributed by atoms with E-state index in [1.54, 1.807) is 0 Å². The Morgan fingerprint density at radius 3 is 1.58 bits per heavy atom. The summed E-state index contributed by atoms with van der Waals surface area (Å²) in [7, 11) is 0. The maximum atomic E-state index is 2.62. The predicted molar refractivity (Wildman–Crippen MR) is 251 cm³/mol. The van der Waals surface area contributed by atoms with Gasteiger partial charge in [0.05, 0.1) is 16.8 Å². The maximum Gasteiger partial charge on any atom is 0.0714 e. The summed E-state index contributed by atoms with van der Waals surface area (Å²) in [4.78, 5) is 2.62. The fourth-order valence-corrected chi connectivity index (χ4v) is 11.7. The lowest BCUT2D eigenvalue weighted by Crippen LogP contribution is -2.28. The minimum absolute atomic E-state index is 0.0969. The van der Waals surface area contributed by atoms with Crippen molar-refractivity contribution in [2.24, 2.45) is 0 Å². The van der Waals surface area contributed by atoms with Crippen LogP contribution in [0.1, 0.15) is 72.2 Å². The van der Waals surface area contributed by atoms with E-state index in [0.29, 0.717) is 0 Å². The molecule has 0 fully saturated rings. The van der Waals surface area contributed by atoms with E-state index in [-0.39, 0.29) is 10.8 Å². The minimum atomic E-state index is -0.517. The normalized spacial score (nSPS) is 15.4. The van der Waals surface area contributed by atoms with Gasteiger partial charge in [-0.05, 0) is 102 Å². The lowest BCUT2D eigenvalue weighted by molar-refractivity contribution is 0.660. The highest BCUT2D eigenvalue weighted by Crippen LogP contribution is 2.62. The van der Waals surface area contributed by atoms with Crippen LogP contribution in [0.25, 0.3) is 44.2 Å². The van der Waals surface area contributed by atoms with E-state index in [1.165, 1.54) is 100 Å². The number of benzene rings is 9. The average molecular weight is 768 g/mol. The number of nitrogens with zero attached hydrogens (tertiary/aromatic N) is 1. The van der Waals surface area contributed by atoms with Gasteiger partial charge in [-0.25, -0.2) is 0 Å². The predicted octanol–water partition coefficient (Wildman–Crippen LogP) is 15.3. The molecule has 0 aromatic heterocycles. The van der Waals surface area contributed by atoms with Crippen molar-refractivity contribution in [1.29, 1.82) is 0 Å². The van der Waals surface area contributed by atoms with E-state index in [4.69, 9.17) is 0 Å². The van der Waals surface area contributed by atoms with Gasteiger partial charge >= 0.3 is 0 Å². The summed E-state index contributed by atoms with van der Waals surface area (Å²) in [6.45, 7) is 9.57. The Bertz CT molecular complexity index is 3160. The van der Waals surface area contributed by atoms with Crippen molar-refractivity contribution in [2.75, 3.05) is 4.90 Å². The molecular weight excluding hydrogens is 723 g/mol. The zero-order valence-electron chi connectivity index (χ0n) is 34.5. The van der Waals surface area contributed by atoms with Crippen LogP contribution in [-0.2, 0) is 16.2 Å². The molecule has 3 aliphatic rings. The molecule has 0 saturated heterocycles. The standard InChI is InChI=1S/C59H45N/c1-57(2)47-29-16-13-26-43(47)46-37-41(34-35-49(46)57)60(53-36-38-20-11-12-25-42(38)56-55(53)44-27-14-17-30-48(44)58(56,3)4)52-33-19-32-51-54(52)45-28-15-18-31-50(45)59(51,39-21-7-5-8-22-39)40-23-9-6-10-24-40/h5-37H,1-4H3. The second kappa shape index (κ2) is 12.5. The molecule has 0 amide bonds. The molecule has 1 nitrogen and oxygen atoms in total. The molecule has 0 saturated carbocycles. The van der Waals surface area contributed by atoms with Gasteiger partial charge in [-0.3, -0.25) is 0 Å². The molecule has 286 valence electrons. The van der Waals surface area contributed by atoms with E-state index in [1.807, 2.05) is 0 Å². The van der Waals surface area contributed by atoms with Crippen LogP contribution in [0.15, 0.2) is 200 Å². The molecule has 0 aliphatic heterocycles. The Morgan fingerprint density at radius 1 is 0.350 bits per heavy atom. The molecule has 3 aliphatic carbocycles. The largest absolute Gasteiger partial charge is 0.309 e. The molecule has 0 atom stereocenters. The van der Waals surface area contributed by atoms with Crippen molar-refractivity contribution in [3.8, 4) is 33.4 Å². The van der Waals surface area contributed by atoms with E-state index in [0.717, 1.165) is 5.69 Å². The third kappa shape index (κ3) is 4.53. The van der Waals surface area contributed by atoms with Crippen LogP contribution in [0.4, 0.5) is 17.1 Å². The highest BCUT2D eigenvalue weighted by Gasteiger charge is 2.48. The minimum Gasteiger partial charge on any atom is -0.309 e. The van der Waals surface area contributed by atoms with Gasteiger partial charge in [-0.1, -0.05) is 204 Å². The summed E-state index contributed by atoms with van der Waals surface area (Å²) in [6, 6.07) is 75.4.